The number of thioether (sulfide) groups is 1. The van der Waals surface area contributed by atoms with Crippen molar-refractivity contribution in [2.24, 2.45) is 5.10 Å². The minimum atomic E-state index is -0.492. The molecule has 0 radical (unpaired) electrons. The Hall–Kier alpha value is -3.83. The molecule has 0 aliphatic carbocycles. The zero-order valence-electron chi connectivity index (χ0n) is 17.4. The fourth-order valence-electron chi connectivity index (χ4n) is 2.82. The normalized spacial score (nSPS) is 11.3. The van der Waals surface area contributed by atoms with E-state index in [4.69, 9.17) is 4.42 Å². The topological polar surface area (TPSA) is 124 Å². The minimum Gasteiger partial charge on any atom is -0.415 e. The molecule has 0 bridgehead atoms. The second-order valence-electron chi connectivity index (χ2n) is 6.89. The number of nitrogens with one attached hydrogen (secondary N) is 1. The highest BCUT2D eigenvalue weighted by Gasteiger charge is 2.20. The van der Waals surface area contributed by atoms with Crippen LogP contribution in [-0.4, -0.2) is 25.9 Å². The van der Waals surface area contributed by atoms with Crippen LogP contribution >= 0.6 is 27.7 Å². The molecule has 1 heterocycles. The smallest absolute Gasteiger partial charge is 0.283 e. The van der Waals surface area contributed by atoms with Crippen molar-refractivity contribution < 1.29 is 14.1 Å². The number of benzene rings is 3. The lowest BCUT2D eigenvalue weighted by Gasteiger charge is -2.05. The zero-order chi connectivity index (χ0) is 23.9. The lowest BCUT2D eigenvalue weighted by Crippen LogP contribution is -2.13. The number of rotatable bonds is 8. The molecule has 9 nitrogen and oxygen atoms in total. The molecule has 4 aromatic rings. The number of hydrogen-bond donors (Lipinski definition) is 1. The molecule has 3 aromatic carbocycles. The second kappa shape index (κ2) is 10.9. The molecule has 0 saturated carbocycles. The number of nitro groups is 1. The average molecular weight is 538 g/mol. The molecular weight excluding hydrogens is 522 g/mol. The zero-order valence-corrected chi connectivity index (χ0v) is 19.8. The van der Waals surface area contributed by atoms with Crippen LogP contribution in [0.25, 0.3) is 0 Å². The summed E-state index contributed by atoms with van der Waals surface area (Å²) in [4.78, 5) is 23.5. The van der Waals surface area contributed by atoms with E-state index in [0.717, 1.165) is 21.8 Å². The van der Waals surface area contributed by atoms with Gasteiger partial charge >= 0.3 is 0 Å². The number of aromatic nitrogens is 2. The Morgan fingerprint density at radius 3 is 2.41 bits per heavy atom. The first-order valence-corrected chi connectivity index (χ1v) is 11.5. The number of nitrogens with zero attached hydrogens (tertiary/aromatic N) is 4. The highest BCUT2D eigenvalue weighted by molar-refractivity contribution is 9.10. The van der Waals surface area contributed by atoms with Crippen molar-refractivity contribution in [1.29, 1.82) is 0 Å². The highest BCUT2D eigenvalue weighted by atomic mass is 79.9. The quantitative estimate of drug-likeness (QED) is 0.0753. The van der Waals surface area contributed by atoms with Crippen molar-refractivity contribution in [3.63, 3.8) is 0 Å². The molecule has 1 N–H and O–H groups in total. The van der Waals surface area contributed by atoms with Crippen LogP contribution in [0.2, 0.25) is 0 Å². The van der Waals surface area contributed by atoms with Crippen LogP contribution < -0.4 is 5.43 Å². The maximum absolute atomic E-state index is 13.1. The molecule has 11 heteroatoms. The van der Waals surface area contributed by atoms with Crippen molar-refractivity contribution in [3.05, 3.63) is 110 Å². The molecule has 0 aliphatic rings. The van der Waals surface area contributed by atoms with Gasteiger partial charge in [0.1, 0.15) is 0 Å². The predicted octanol–water partition coefficient (Wildman–Crippen LogP) is 5.73. The number of halogens is 1. The lowest BCUT2D eigenvalue weighted by molar-refractivity contribution is -0.384. The number of non-ortho nitro benzene ring substituents is 1. The maximum Gasteiger partial charge on any atom is 0.283 e. The highest BCUT2D eigenvalue weighted by Crippen LogP contribution is 2.23. The van der Waals surface area contributed by atoms with E-state index < -0.39 is 4.92 Å². The van der Waals surface area contributed by atoms with Crippen LogP contribution in [-0.2, 0) is 6.42 Å². The van der Waals surface area contributed by atoms with E-state index in [1.54, 1.807) is 24.3 Å². The summed E-state index contributed by atoms with van der Waals surface area (Å²) in [5, 5.41) is 23.4. The summed E-state index contributed by atoms with van der Waals surface area (Å²) < 4.78 is 6.55. The molecule has 0 aliphatic heterocycles. The van der Waals surface area contributed by atoms with Gasteiger partial charge in [-0.25, -0.2) is 0 Å². The van der Waals surface area contributed by atoms with E-state index in [9.17, 15) is 14.9 Å². The van der Waals surface area contributed by atoms with Gasteiger partial charge in [0, 0.05) is 22.2 Å². The summed E-state index contributed by atoms with van der Waals surface area (Å²) in [6, 6.07) is 22.2. The third-order valence-corrected chi connectivity index (χ3v) is 5.83. The molecule has 0 spiro atoms. The van der Waals surface area contributed by atoms with Gasteiger partial charge in [-0.3, -0.25) is 20.3 Å². The SMILES string of the molecule is O=C(C(=NNc1ccc([N+](=O)[O-])cc1)Sc1nnc(Cc2ccccc2)o1)c1ccc(Br)cc1. The van der Waals surface area contributed by atoms with Gasteiger partial charge in [0.15, 0.2) is 5.04 Å². The van der Waals surface area contributed by atoms with E-state index in [1.807, 2.05) is 30.3 Å². The standard InChI is InChI=1S/C23H16BrN5O4S/c24-17-8-6-16(7-9-17)21(30)22(27-25-18-10-12-19(13-11-18)29(31)32)34-23-28-26-20(33-23)14-15-4-2-1-3-5-15/h1-13,25H,14H2. The number of anilines is 1. The van der Waals surface area contributed by atoms with Crippen molar-refractivity contribution in [2.45, 2.75) is 11.6 Å². The first kappa shape index (κ1) is 23.3. The fraction of sp³-hybridized carbons (Fsp3) is 0.0435. The molecule has 4 rings (SSSR count). The summed E-state index contributed by atoms with van der Waals surface area (Å²) in [6.07, 6.45) is 0.461. The number of nitro benzene ring substituents is 1. The monoisotopic (exact) mass is 537 g/mol. The molecule has 0 atom stereocenters. The van der Waals surface area contributed by atoms with Crippen molar-refractivity contribution in [2.75, 3.05) is 5.43 Å². The first-order chi connectivity index (χ1) is 16.5. The van der Waals surface area contributed by atoms with Crippen molar-refractivity contribution in [1.82, 2.24) is 10.2 Å². The Morgan fingerprint density at radius 2 is 1.74 bits per heavy atom. The molecule has 34 heavy (non-hydrogen) atoms. The summed E-state index contributed by atoms with van der Waals surface area (Å²) in [7, 11) is 0. The maximum atomic E-state index is 13.1. The first-order valence-electron chi connectivity index (χ1n) is 9.90. The van der Waals surface area contributed by atoms with Crippen LogP contribution in [0.5, 0.6) is 0 Å². The van der Waals surface area contributed by atoms with Gasteiger partial charge in [0.05, 0.1) is 17.0 Å². The Balaban J connectivity index is 1.55. The number of hydrazone groups is 1. The van der Waals surface area contributed by atoms with Crippen LogP contribution in [0.15, 0.2) is 98.1 Å². The van der Waals surface area contributed by atoms with Gasteiger partial charge in [-0.15, -0.1) is 10.2 Å². The van der Waals surface area contributed by atoms with Gasteiger partial charge in [0.2, 0.25) is 11.7 Å². The Labute approximate surface area is 206 Å². The third-order valence-electron chi connectivity index (χ3n) is 4.50. The molecule has 170 valence electrons. The number of Topliss-reactive ketones (excluding diaryl/α,β-unsaturated/α-hetero) is 1. The number of ketones is 1. The molecule has 1 aromatic heterocycles. The summed E-state index contributed by atoms with van der Waals surface area (Å²) in [5.74, 6) is 0.0576. The number of carbonyl (C=O) groups excluding carboxylic acids is 1. The van der Waals surface area contributed by atoms with E-state index in [-0.39, 0.29) is 21.7 Å². The molecule has 0 saturated heterocycles. The molecule has 0 fully saturated rings. The van der Waals surface area contributed by atoms with E-state index in [2.05, 4.69) is 36.7 Å². The van der Waals surface area contributed by atoms with E-state index >= 15 is 0 Å². The second-order valence-corrected chi connectivity index (χ2v) is 8.75. The van der Waals surface area contributed by atoms with Gasteiger partial charge < -0.3 is 4.42 Å². The minimum absolute atomic E-state index is 0.0492. The predicted molar refractivity (Wildman–Crippen MR) is 132 cm³/mol. The number of carbonyl (C=O) groups is 1. The van der Waals surface area contributed by atoms with Gasteiger partial charge in [-0.1, -0.05) is 46.3 Å². The summed E-state index contributed by atoms with van der Waals surface area (Å²) in [5.41, 5.74) is 4.63. The van der Waals surface area contributed by atoms with E-state index in [0.29, 0.717) is 23.6 Å². The fourth-order valence-corrected chi connectivity index (χ4v) is 3.77. The van der Waals surface area contributed by atoms with Crippen LogP contribution in [0, 0.1) is 10.1 Å². The Kier molecular flexibility index (Phi) is 7.45. The summed E-state index contributed by atoms with van der Waals surface area (Å²) in [6.45, 7) is 0. The van der Waals surface area contributed by atoms with Gasteiger partial charge in [-0.05, 0) is 53.7 Å². The van der Waals surface area contributed by atoms with Crippen molar-refractivity contribution in [3.8, 4) is 0 Å². The van der Waals surface area contributed by atoms with Crippen LogP contribution in [0.4, 0.5) is 11.4 Å². The lowest BCUT2D eigenvalue weighted by atomic mass is 10.1. The Morgan fingerprint density at radius 1 is 1.03 bits per heavy atom. The Bertz CT molecular complexity index is 1330. The van der Waals surface area contributed by atoms with E-state index in [1.165, 1.54) is 24.3 Å². The summed E-state index contributed by atoms with van der Waals surface area (Å²) >= 11 is 4.28. The molecular formula is C23H16BrN5O4S. The van der Waals surface area contributed by atoms with Gasteiger partial charge in [0.25, 0.3) is 10.9 Å². The third kappa shape index (κ3) is 6.15. The van der Waals surface area contributed by atoms with Gasteiger partial charge in [-0.2, -0.15) is 5.10 Å². The van der Waals surface area contributed by atoms with Crippen LogP contribution in [0.3, 0.4) is 0 Å². The largest absolute Gasteiger partial charge is 0.415 e. The molecule has 0 amide bonds. The average Bonchev–Trinajstić information content (AvgIpc) is 3.29. The van der Waals surface area contributed by atoms with Crippen LogP contribution in [0.1, 0.15) is 21.8 Å². The molecule has 0 unspecified atom stereocenters. The number of hydrogen-bond acceptors (Lipinski definition) is 9. The van der Waals surface area contributed by atoms with Crippen molar-refractivity contribution >= 4 is 49.9 Å².